The van der Waals surface area contributed by atoms with Crippen molar-refractivity contribution in [3.05, 3.63) is 29.8 Å². The van der Waals surface area contributed by atoms with Crippen molar-refractivity contribution in [1.29, 1.82) is 0 Å². The third kappa shape index (κ3) is 3.87. The minimum absolute atomic E-state index is 0.194. The summed E-state index contributed by atoms with van der Waals surface area (Å²) in [5.41, 5.74) is 3.04. The summed E-state index contributed by atoms with van der Waals surface area (Å²) >= 11 is 0. The summed E-state index contributed by atoms with van der Waals surface area (Å²) in [5.74, 6) is 5.80. The molecule has 1 unspecified atom stereocenters. The first-order valence-corrected chi connectivity index (χ1v) is 5.71. The van der Waals surface area contributed by atoms with Gasteiger partial charge in [-0.3, -0.25) is 16.3 Å². The predicted octanol–water partition coefficient (Wildman–Crippen LogP) is 2.55. The van der Waals surface area contributed by atoms with E-state index in [0.717, 1.165) is 19.3 Å². The highest BCUT2D eigenvalue weighted by molar-refractivity contribution is 5.11. The summed E-state index contributed by atoms with van der Waals surface area (Å²) in [6, 6.07) is 2.80. The van der Waals surface area contributed by atoms with Crippen LogP contribution in [0.3, 0.4) is 0 Å². The van der Waals surface area contributed by atoms with E-state index in [4.69, 9.17) is 5.84 Å². The van der Waals surface area contributed by atoms with Gasteiger partial charge in [0.1, 0.15) is 5.82 Å². The van der Waals surface area contributed by atoms with Crippen LogP contribution in [0.4, 0.5) is 4.39 Å². The van der Waals surface area contributed by atoms with Crippen LogP contribution >= 0.6 is 0 Å². The van der Waals surface area contributed by atoms with Gasteiger partial charge >= 0.3 is 0 Å². The SMILES string of the molecule is CC(C)CCCC(NN)c1ncccc1F. The molecule has 0 saturated heterocycles. The maximum atomic E-state index is 13.5. The Balaban J connectivity index is 2.57. The van der Waals surface area contributed by atoms with Crippen LogP contribution in [0.2, 0.25) is 0 Å². The van der Waals surface area contributed by atoms with E-state index >= 15 is 0 Å². The van der Waals surface area contributed by atoms with Crippen LogP contribution in [0, 0.1) is 11.7 Å². The first-order valence-electron chi connectivity index (χ1n) is 5.71. The molecule has 3 N–H and O–H groups in total. The number of nitrogens with two attached hydrogens (primary N) is 1. The van der Waals surface area contributed by atoms with Gasteiger partial charge in [0, 0.05) is 6.20 Å². The first-order chi connectivity index (χ1) is 7.65. The quantitative estimate of drug-likeness (QED) is 0.578. The Morgan fingerprint density at radius 2 is 2.19 bits per heavy atom. The number of nitrogens with one attached hydrogen (secondary N) is 1. The molecule has 90 valence electrons. The van der Waals surface area contributed by atoms with Gasteiger partial charge in [0.05, 0.1) is 11.7 Å². The average Bonchev–Trinajstić information content (AvgIpc) is 2.25. The van der Waals surface area contributed by atoms with E-state index in [9.17, 15) is 4.39 Å². The molecular formula is C12H20FN3. The lowest BCUT2D eigenvalue weighted by molar-refractivity contribution is 0.431. The van der Waals surface area contributed by atoms with Crippen molar-refractivity contribution in [2.45, 2.75) is 39.2 Å². The van der Waals surface area contributed by atoms with E-state index < -0.39 is 0 Å². The highest BCUT2D eigenvalue weighted by Crippen LogP contribution is 2.20. The predicted molar refractivity (Wildman–Crippen MR) is 62.9 cm³/mol. The number of halogens is 1. The molecule has 0 bridgehead atoms. The minimum Gasteiger partial charge on any atom is -0.271 e. The van der Waals surface area contributed by atoms with Crippen LogP contribution in [0.1, 0.15) is 44.8 Å². The minimum atomic E-state index is -0.296. The molecule has 4 heteroatoms. The monoisotopic (exact) mass is 225 g/mol. The number of rotatable bonds is 6. The Morgan fingerprint density at radius 3 is 2.75 bits per heavy atom. The molecule has 0 amide bonds. The molecule has 16 heavy (non-hydrogen) atoms. The van der Waals surface area contributed by atoms with Gasteiger partial charge in [-0.05, 0) is 24.5 Å². The summed E-state index contributed by atoms with van der Waals surface area (Å²) in [6.45, 7) is 4.35. The molecule has 1 heterocycles. The van der Waals surface area contributed by atoms with Gasteiger partial charge < -0.3 is 0 Å². The number of hydrogen-bond acceptors (Lipinski definition) is 3. The number of hydrogen-bond donors (Lipinski definition) is 2. The molecule has 0 aromatic carbocycles. The smallest absolute Gasteiger partial charge is 0.146 e. The second-order valence-corrected chi connectivity index (χ2v) is 4.41. The topological polar surface area (TPSA) is 50.9 Å². The molecule has 0 radical (unpaired) electrons. The zero-order valence-corrected chi connectivity index (χ0v) is 9.91. The molecule has 0 aliphatic carbocycles. The average molecular weight is 225 g/mol. The van der Waals surface area contributed by atoms with E-state index in [1.54, 1.807) is 12.3 Å². The van der Waals surface area contributed by atoms with Gasteiger partial charge in [0.15, 0.2) is 0 Å². The van der Waals surface area contributed by atoms with E-state index in [1.165, 1.54) is 6.07 Å². The Bertz CT molecular complexity index is 315. The Morgan fingerprint density at radius 1 is 1.44 bits per heavy atom. The van der Waals surface area contributed by atoms with Crippen molar-refractivity contribution in [3.63, 3.8) is 0 Å². The van der Waals surface area contributed by atoms with Crippen molar-refractivity contribution in [2.24, 2.45) is 11.8 Å². The fourth-order valence-corrected chi connectivity index (χ4v) is 1.68. The highest BCUT2D eigenvalue weighted by atomic mass is 19.1. The van der Waals surface area contributed by atoms with Crippen molar-refractivity contribution < 1.29 is 4.39 Å². The Kier molecular flexibility index (Phi) is 5.35. The molecule has 1 rings (SSSR count). The molecule has 3 nitrogen and oxygen atoms in total. The van der Waals surface area contributed by atoms with E-state index in [1.807, 2.05) is 0 Å². The Hall–Kier alpha value is -1.00. The fourth-order valence-electron chi connectivity index (χ4n) is 1.68. The molecule has 1 aromatic rings. The Labute approximate surface area is 96.2 Å². The van der Waals surface area contributed by atoms with Crippen molar-refractivity contribution in [3.8, 4) is 0 Å². The molecule has 0 saturated carbocycles. The van der Waals surface area contributed by atoms with Crippen molar-refractivity contribution in [1.82, 2.24) is 10.4 Å². The molecule has 0 spiro atoms. The van der Waals surface area contributed by atoms with Crippen LogP contribution in [0.25, 0.3) is 0 Å². The lowest BCUT2D eigenvalue weighted by Gasteiger charge is -2.16. The molecular weight excluding hydrogens is 205 g/mol. The number of aromatic nitrogens is 1. The zero-order valence-electron chi connectivity index (χ0n) is 9.91. The second-order valence-electron chi connectivity index (χ2n) is 4.41. The summed E-state index contributed by atoms with van der Waals surface area (Å²) in [5, 5.41) is 0. The van der Waals surface area contributed by atoms with Crippen molar-refractivity contribution >= 4 is 0 Å². The summed E-state index contributed by atoms with van der Waals surface area (Å²) < 4.78 is 13.5. The molecule has 1 aromatic heterocycles. The van der Waals surface area contributed by atoms with E-state index in [2.05, 4.69) is 24.3 Å². The van der Waals surface area contributed by atoms with Crippen LogP contribution in [0.15, 0.2) is 18.3 Å². The van der Waals surface area contributed by atoms with Crippen LogP contribution in [0.5, 0.6) is 0 Å². The lowest BCUT2D eigenvalue weighted by Crippen LogP contribution is -2.29. The second kappa shape index (κ2) is 6.55. The highest BCUT2D eigenvalue weighted by Gasteiger charge is 2.15. The maximum absolute atomic E-state index is 13.5. The van der Waals surface area contributed by atoms with Gasteiger partial charge in [-0.15, -0.1) is 0 Å². The van der Waals surface area contributed by atoms with Crippen LogP contribution in [-0.2, 0) is 0 Å². The summed E-state index contributed by atoms with van der Waals surface area (Å²) in [4.78, 5) is 4.03. The third-order valence-electron chi connectivity index (χ3n) is 2.59. The van der Waals surface area contributed by atoms with Gasteiger partial charge in [0.25, 0.3) is 0 Å². The molecule has 0 aliphatic rings. The fraction of sp³-hybridized carbons (Fsp3) is 0.583. The summed E-state index contributed by atoms with van der Waals surface area (Å²) in [6.07, 6.45) is 4.53. The third-order valence-corrected chi connectivity index (χ3v) is 2.59. The molecule has 0 aliphatic heterocycles. The molecule has 0 fully saturated rings. The number of pyridine rings is 1. The van der Waals surface area contributed by atoms with Crippen LogP contribution < -0.4 is 11.3 Å². The normalized spacial score (nSPS) is 13.1. The summed E-state index contributed by atoms with van der Waals surface area (Å²) in [7, 11) is 0. The van der Waals surface area contributed by atoms with Gasteiger partial charge in [-0.2, -0.15) is 0 Å². The standard InChI is InChI=1S/C12H20FN3/c1-9(2)5-3-7-11(16-14)12-10(13)6-4-8-15-12/h4,6,8-9,11,16H,3,5,7,14H2,1-2H3. The van der Waals surface area contributed by atoms with Gasteiger partial charge in [0.2, 0.25) is 0 Å². The largest absolute Gasteiger partial charge is 0.271 e. The van der Waals surface area contributed by atoms with Gasteiger partial charge in [-0.25, -0.2) is 4.39 Å². The molecule has 1 atom stereocenters. The number of hydrazine groups is 1. The lowest BCUT2D eigenvalue weighted by atomic mass is 10.0. The van der Waals surface area contributed by atoms with E-state index in [0.29, 0.717) is 11.6 Å². The van der Waals surface area contributed by atoms with Gasteiger partial charge in [-0.1, -0.05) is 26.7 Å². The first kappa shape index (κ1) is 13.1. The van der Waals surface area contributed by atoms with E-state index in [-0.39, 0.29) is 11.9 Å². The zero-order chi connectivity index (χ0) is 12.0. The number of nitrogens with zero attached hydrogens (tertiary/aromatic N) is 1. The maximum Gasteiger partial charge on any atom is 0.146 e. The van der Waals surface area contributed by atoms with Crippen LogP contribution in [-0.4, -0.2) is 4.98 Å². The van der Waals surface area contributed by atoms with Crippen molar-refractivity contribution in [2.75, 3.05) is 0 Å².